The van der Waals surface area contributed by atoms with E-state index in [0.717, 1.165) is 19.3 Å². The lowest BCUT2D eigenvalue weighted by Gasteiger charge is -2.06. The molecule has 0 aromatic heterocycles. The number of phenolic OH excluding ortho intramolecular Hbond substituents is 1. The van der Waals surface area contributed by atoms with Crippen LogP contribution in [0.15, 0.2) is 48.5 Å². The highest BCUT2D eigenvalue weighted by Crippen LogP contribution is 2.28. The predicted octanol–water partition coefficient (Wildman–Crippen LogP) is 3.16. The number of rotatable bonds is 6. The molecule has 0 unspecified atom stereocenters. The molecule has 4 nitrogen and oxygen atoms in total. The smallest absolute Gasteiger partial charge is 0.391 e. The van der Waals surface area contributed by atoms with E-state index in [1.807, 2.05) is 24.3 Å². The van der Waals surface area contributed by atoms with Crippen molar-refractivity contribution in [2.75, 3.05) is 0 Å². The van der Waals surface area contributed by atoms with E-state index in [9.17, 15) is 5.11 Å². The van der Waals surface area contributed by atoms with Crippen molar-refractivity contribution in [1.29, 1.82) is 0 Å². The zero-order valence-corrected chi connectivity index (χ0v) is 11.8. The van der Waals surface area contributed by atoms with Gasteiger partial charge in [0.2, 0.25) is 0 Å². The summed E-state index contributed by atoms with van der Waals surface area (Å²) < 4.78 is 4.81. The Morgan fingerprint density at radius 3 is 1.80 bits per heavy atom. The molecule has 0 atom stereocenters. The number of hydrogen-bond acceptors (Lipinski definition) is 4. The van der Waals surface area contributed by atoms with Crippen LogP contribution in [0.5, 0.6) is 11.5 Å². The second-order valence-electron chi connectivity index (χ2n) is 4.51. The summed E-state index contributed by atoms with van der Waals surface area (Å²) in [7, 11) is -2.35. The minimum atomic E-state index is -2.35. The maximum atomic E-state index is 9.20. The van der Waals surface area contributed by atoms with Gasteiger partial charge < -0.3 is 19.4 Å². The molecule has 5 heteroatoms. The topological polar surface area (TPSA) is 69.9 Å². The van der Waals surface area contributed by atoms with Gasteiger partial charge in [-0.15, -0.1) is 0 Å². The monoisotopic (exact) mass is 292 g/mol. The number of phenols is 1. The number of aryl methyl sites for hydroxylation is 2. The van der Waals surface area contributed by atoms with Gasteiger partial charge in [0.05, 0.1) is 0 Å². The van der Waals surface area contributed by atoms with E-state index in [1.165, 1.54) is 11.1 Å². The van der Waals surface area contributed by atoms with Crippen LogP contribution in [0.1, 0.15) is 17.5 Å². The van der Waals surface area contributed by atoms with E-state index in [-0.39, 0.29) is 5.75 Å². The average Bonchev–Trinajstić information content (AvgIpc) is 2.42. The lowest BCUT2D eigenvalue weighted by atomic mass is 10.0. The molecular weight excluding hydrogens is 275 g/mol. The van der Waals surface area contributed by atoms with Crippen molar-refractivity contribution in [2.24, 2.45) is 0 Å². The number of benzene rings is 2. The van der Waals surface area contributed by atoms with Crippen LogP contribution in [0.4, 0.5) is 0 Å². The molecule has 0 aliphatic rings. The van der Waals surface area contributed by atoms with Gasteiger partial charge in [0.25, 0.3) is 0 Å². The van der Waals surface area contributed by atoms with Gasteiger partial charge in [0, 0.05) is 0 Å². The van der Waals surface area contributed by atoms with E-state index in [0.29, 0.717) is 5.75 Å². The SMILES string of the molecule is Oc1ccc(CCCc2ccc(OP(O)O)cc2)cc1. The molecule has 0 saturated carbocycles. The Hall–Kier alpha value is -1.61. The molecule has 2 rings (SSSR count). The van der Waals surface area contributed by atoms with Crippen molar-refractivity contribution in [3.8, 4) is 11.5 Å². The Bertz CT molecular complexity index is 523. The molecular formula is C15H17O4P. The van der Waals surface area contributed by atoms with Crippen LogP contribution in [0, 0.1) is 0 Å². The van der Waals surface area contributed by atoms with E-state index < -0.39 is 8.60 Å². The van der Waals surface area contributed by atoms with Gasteiger partial charge in [-0.05, 0) is 54.7 Å². The highest BCUT2D eigenvalue weighted by Gasteiger charge is 2.02. The zero-order chi connectivity index (χ0) is 14.4. The molecule has 0 heterocycles. The van der Waals surface area contributed by atoms with E-state index >= 15 is 0 Å². The molecule has 0 aliphatic heterocycles. The summed E-state index contributed by atoms with van der Waals surface area (Å²) in [6.45, 7) is 0. The molecule has 0 aliphatic carbocycles. The third-order valence-corrected chi connectivity index (χ3v) is 3.35. The van der Waals surface area contributed by atoms with Crippen molar-refractivity contribution >= 4 is 8.60 Å². The highest BCUT2D eigenvalue weighted by atomic mass is 31.2. The lowest BCUT2D eigenvalue weighted by Crippen LogP contribution is -1.91. The summed E-state index contributed by atoms with van der Waals surface area (Å²) in [5.74, 6) is 0.750. The Labute approximate surface area is 119 Å². The maximum absolute atomic E-state index is 9.20. The van der Waals surface area contributed by atoms with Gasteiger partial charge in [-0.25, -0.2) is 0 Å². The lowest BCUT2D eigenvalue weighted by molar-refractivity contribution is 0.375. The van der Waals surface area contributed by atoms with Crippen molar-refractivity contribution in [3.05, 3.63) is 59.7 Å². The first-order chi connectivity index (χ1) is 9.63. The summed E-state index contributed by atoms with van der Waals surface area (Å²) >= 11 is 0. The minimum Gasteiger partial charge on any atom is -0.508 e. The van der Waals surface area contributed by atoms with E-state index in [2.05, 4.69) is 0 Å². The molecule has 2 aromatic carbocycles. The van der Waals surface area contributed by atoms with Crippen LogP contribution in [0.2, 0.25) is 0 Å². The Morgan fingerprint density at radius 1 is 0.800 bits per heavy atom. The normalized spacial score (nSPS) is 10.8. The molecule has 0 bridgehead atoms. The molecule has 0 radical (unpaired) electrons. The van der Waals surface area contributed by atoms with Gasteiger partial charge in [0.1, 0.15) is 11.5 Å². The largest absolute Gasteiger partial charge is 0.508 e. The zero-order valence-electron chi connectivity index (χ0n) is 10.9. The standard InChI is InChI=1S/C15H17O4P/c16-14-8-4-12(5-9-14)2-1-3-13-6-10-15(11-7-13)19-20(17)18/h4-11,16-18H,1-3H2. The molecule has 106 valence electrons. The molecule has 20 heavy (non-hydrogen) atoms. The highest BCUT2D eigenvalue weighted by molar-refractivity contribution is 7.39. The average molecular weight is 292 g/mol. The Balaban J connectivity index is 1.80. The first-order valence-corrected chi connectivity index (χ1v) is 7.53. The molecule has 3 N–H and O–H groups in total. The quantitative estimate of drug-likeness (QED) is 0.715. The summed E-state index contributed by atoms with van der Waals surface area (Å²) in [4.78, 5) is 17.5. The summed E-state index contributed by atoms with van der Waals surface area (Å²) in [6.07, 6.45) is 2.91. The fourth-order valence-corrected chi connectivity index (χ4v) is 2.28. The summed E-state index contributed by atoms with van der Waals surface area (Å²) in [6, 6.07) is 14.6. The van der Waals surface area contributed by atoms with Crippen LogP contribution in [0.25, 0.3) is 0 Å². The summed E-state index contributed by atoms with van der Waals surface area (Å²) in [5.41, 5.74) is 2.38. The first kappa shape index (κ1) is 14.8. The van der Waals surface area contributed by atoms with Gasteiger partial charge in [-0.3, -0.25) is 0 Å². The van der Waals surface area contributed by atoms with Crippen LogP contribution in [-0.4, -0.2) is 14.9 Å². The molecule has 0 spiro atoms. The van der Waals surface area contributed by atoms with Gasteiger partial charge in [-0.1, -0.05) is 24.3 Å². The fraction of sp³-hybridized carbons (Fsp3) is 0.200. The predicted molar refractivity (Wildman–Crippen MR) is 78.6 cm³/mol. The van der Waals surface area contributed by atoms with E-state index in [4.69, 9.17) is 14.3 Å². The van der Waals surface area contributed by atoms with Crippen molar-refractivity contribution < 1.29 is 19.4 Å². The molecule has 0 fully saturated rings. The second-order valence-corrected chi connectivity index (χ2v) is 5.20. The van der Waals surface area contributed by atoms with Crippen molar-refractivity contribution in [3.63, 3.8) is 0 Å². The van der Waals surface area contributed by atoms with Crippen molar-refractivity contribution in [2.45, 2.75) is 19.3 Å². The molecule has 0 saturated heterocycles. The van der Waals surface area contributed by atoms with Crippen molar-refractivity contribution in [1.82, 2.24) is 0 Å². The van der Waals surface area contributed by atoms with Gasteiger partial charge in [-0.2, -0.15) is 0 Å². The van der Waals surface area contributed by atoms with Crippen LogP contribution in [0.3, 0.4) is 0 Å². The number of hydrogen-bond donors (Lipinski definition) is 3. The maximum Gasteiger partial charge on any atom is 0.391 e. The minimum absolute atomic E-state index is 0.289. The Morgan fingerprint density at radius 2 is 1.30 bits per heavy atom. The molecule has 2 aromatic rings. The molecule has 0 amide bonds. The second kappa shape index (κ2) is 7.25. The van der Waals surface area contributed by atoms with Gasteiger partial charge in [0.15, 0.2) is 0 Å². The summed E-state index contributed by atoms with van der Waals surface area (Å²) in [5, 5.41) is 9.20. The number of aromatic hydroxyl groups is 1. The van der Waals surface area contributed by atoms with Crippen LogP contribution >= 0.6 is 8.60 Å². The first-order valence-electron chi connectivity index (χ1n) is 6.36. The third kappa shape index (κ3) is 4.82. The fourth-order valence-electron chi connectivity index (χ4n) is 1.97. The third-order valence-electron chi connectivity index (χ3n) is 2.98. The van der Waals surface area contributed by atoms with Crippen LogP contribution in [-0.2, 0) is 12.8 Å². The van der Waals surface area contributed by atoms with Crippen LogP contribution < -0.4 is 4.52 Å². The Kier molecular flexibility index (Phi) is 5.36. The van der Waals surface area contributed by atoms with Gasteiger partial charge >= 0.3 is 8.60 Å². The van der Waals surface area contributed by atoms with E-state index in [1.54, 1.807) is 24.3 Å².